The number of carbonyl (C=O) groups is 2. The molecule has 0 saturated carbocycles. The Morgan fingerprint density at radius 2 is 2.15 bits per heavy atom. The van der Waals surface area contributed by atoms with Crippen LogP contribution in [0.4, 0.5) is 5.69 Å². The molecule has 2 amide bonds. The Balaban J connectivity index is 1.77. The highest BCUT2D eigenvalue weighted by atomic mass is 16.6. The van der Waals surface area contributed by atoms with Crippen LogP contribution in [0.1, 0.15) is 24.0 Å². The lowest BCUT2D eigenvalue weighted by molar-refractivity contribution is -0.135. The minimum atomic E-state index is -0.337. The van der Waals surface area contributed by atoms with E-state index in [1.54, 1.807) is 4.90 Å². The van der Waals surface area contributed by atoms with Gasteiger partial charge in [-0.15, -0.1) is 0 Å². The lowest BCUT2D eigenvalue weighted by Gasteiger charge is -2.17. The van der Waals surface area contributed by atoms with Crippen LogP contribution in [0, 0.1) is 5.92 Å². The van der Waals surface area contributed by atoms with Gasteiger partial charge in [0.05, 0.1) is 13.0 Å². The number of rotatable bonds is 3. The number of fused-ring (bicyclic) bond motifs is 1. The molecule has 1 aromatic carbocycles. The quantitative estimate of drug-likeness (QED) is 0.843. The van der Waals surface area contributed by atoms with Gasteiger partial charge in [0.15, 0.2) is 0 Å². The number of hydroxylamine groups is 1. The fourth-order valence-electron chi connectivity index (χ4n) is 3.04. The summed E-state index contributed by atoms with van der Waals surface area (Å²) in [5.74, 6) is -0.570. The summed E-state index contributed by atoms with van der Waals surface area (Å²) in [5.41, 5.74) is 5.93. The second kappa shape index (κ2) is 5.25. The summed E-state index contributed by atoms with van der Waals surface area (Å²) in [4.78, 5) is 30.2. The van der Waals surface area contributed by atoms with Gasteiger partial charge in [0.2, 0.25) is 11.8 Å². The molecule has 1 saturated heterocycles. The zero-order valence-electron chi connectivity index (χ0n) is 11.5. The standard InChI is InChI=1S/C15H18N2O3/c1-20-16-15(19)12-8-14(18)17(9-12)13-6-5-10-3-2-4-11(10)7-13/h5-7,12H,2-4,8-9H2,1H3,(H,16,19). The number of hydrogen-bond acceptors (Lipinski definition) is 3. The lowest BCUT2D eigenvalue weighted by atomic mass is 10.1. The van der Waals surface area contributed by atoms with Gasteiger partial charge in [-0.1, -0.05) is 6.07 Å². The van der Waals surface area contributed by atoms with Crippen LogP contribution in [-0.2, 0) is 27.3 Å². The molecule has 0 bridgehead atoms. The summed E-state index contributed by atoms with van der Waals surface area (Å²) < 4.78 is 0. The van der Waals surface area contributed by atoms with E-state index in [1.165, 1.54) is 24.7 Å². The largest absolute Gasteiger partial charge is 0.312 e. The van der Waals surface area contributed by atoms with Crippen molar-refractivity contribution >= 4 is 17.5 Å². The van der Waals surface area contributed by atoms with Crippen molar-refractivity contribution in [3.63, 3.8) is 0 Å². The van der Waals surface area contributed by atoms with Gasteiger partial charge in [-0.2, -0.15) is 0 Å². The molecule has 1 aromatic rings. The van der Waals surface area contributed by atoms with Crippen LogP contribution in [0.3, 0.4) is 0 Å². The number of benzene rings is 1. The average Bonchev–Trinajstić information content (AvgIpc) is 3.04. The molecular weight excluding hydrogens is 256 g/mol. The van der Waals surface area contributed by atoms with Crippen LogP contribution in [0.25, 0.3) is 0 Å². The van der Waals surface area contributed by atoms with Gasteiger partial charge in [-0.3, -0.25) is 14.4 Å². The van der Waals surface area contributed by atoms with Crippen molar-refractivity contribution in [2.45, 2.75) is 25.7 Å². The van der Waals surface area contributed by atoms with Gasteiger partial charge in [0.25, 0.3) is 0 Å². The average molecular weight is 274 g/mol. The SMILES string of the molecule is CONC(=O)C1CC(=O)N(c2ccc3c(c2)CCC3)C1. The van der Waals surface area contributed by atoms with Gasteiger partial charge in [-0.05, 0) is 42.5 Å². The molecule has 0 radical (unpaired) electrons. The fourth-order valence-corrected chi connectivity index (χ4v) is 3.04. The van der Waals surface area contributed by atoms with E-state index in [0.29, 0.717) is 6.54 Å². The Bertz CT molecular complexity index is 556. The zero-order valence-corrected chi connectivity index (χ0v) is 11.5. The molecule has 2 aliphatic rings. The summed E-state index contributed by atoms with van der Waals surface area (Å²) in [5, 5.41) is 0. The predicted molar refractivity (Wildman–Crippen MR) is 74.1 cm³/mol. The predicted octanol–water partition coefficient (Wildman–Crippen LogP) is 1.21. The van der Waals surface area contributed by atoms with Crippen molar-refractivity contribution in [1.82, 2.24) is 5.48 Å². The maximum Gasteiger partial charge on any atom is 0.248 e. The van der Waals surface area contributed by atoms with Crippen LogP contribution in [0.2, 0.25) is 0 Å². The van der Waals surface area contributed by atoms with Gasteiger partial charge < -0.3 is 4.90 Å². The van der Waals surface area contributed by atoms with E-state index in [4.69, 9.17) is 0 Å². The molecule has 0 aromatic heterocycles. The second-order valence-electron chi connectivity index (χ2n) is 5.38. The fraction of sp³-hybridized carbons (Fsp3) is 0.467. The monoisotopic (exact) mass is 274 g/mol. The Hall–Kier alpha value is -1.88. The van der Waals surface area contributed by atoms with E-state index in [2.05, 4.69) is 22.5 Å². The van der Waals surface area contributed by atoms with Crippen LogP contribution in [0.15, 0.2) is 18.2 Å². The molecule has 20 heavy (non-hydrogen) atoms. The molecular formula is C15H18N2O3. The van der Waals surface area contributed by atoms with E-state index >= 15 is 0 Å². The molecule has 5 nitrogen and oxygen atoms in total. The van der Waals surface area contributed by atoms with Crippen LogP contribution < -0.4 is 10.4 Å². The van der Waals surface area contributed by atoms with Gasteiger partial charge in [0.1, 0.15) is 0 Å². The van der Waals surface area contributed by atoms with Crippen molar-refractivity contribution in [2.75, 3.05) is 18.6 Å². The lowest BCUT2D eigenvalue weighted by Crippen LogP contribution is -2.32. The first kappa shape index (κ1) is 13.1. The zero-order chi connectivity index (χ0) is 14.1. The molecule has 0 spiro atoms. The third-order valence-corrected chi connectivity index (χ3v) is 4.09. The number of anilines is 1. The van der Waals surface area contributed by atoms with E-state index < -0.39 is 0 Å². The van der Waals surface area contributed by atoms with Crippen molar-refractivity contribution in [3.8, 4) is 0 Å². The Morgan fingerprint density at radius 3 is 2.95 bits per heavy atom. The Morgan fingerprint density at radius 1 is 1.35 bits per heavy atom. The highest BCUT2D eigenvalue weighted by Crippen LogP contribution is 2.30. The molecule has 1 heterocycles. The molecule has 1 N–H and O–H groups in total. The number of nitrogens with zero attached hydrogens (tertiary/aromatic N) is 1. The normalized spacial score (nSPS) is 21.1. The first-order valence-electron chi connectivity index (χ1n) is 6.94. The van der Waals surface area contributed by atoms with Crippen molar-refractivity contribution in [3.05, 3.63) is 29.3 Å². The first-order valence-corrected chi connectivity index (χ1v) is 6.94. The smallest absolute Gasteiger partial charge is 0.248 e. The Kier molecular flexibility index (Phi) is 3.44. The van der Waals surface area contributed by atoms with E-state index in [0.717, 1.165) is 18.5 Å². The maximum atomic E-state index is 12.1. The van der Waals surface area contributed by atoms with Crippen LogP contribution in [0.5, 0.6) is 0 Å². The number of aryl methyl sites for hydroxylation is 2. The summed E-state index contributed by atoms with van der Waals surface area (Å²) in [7, 11) is 1.40. The molecule has 1 aliphatic heterocycles. The van der Waals surface area contributed by atoms with Crippen LogP contribution >= 0.6 is 0 Å². The van der Waals surface area contributed by atoms with Gasteiger partial charge in [-0.25, -0.2) is 5.48 Å². The van der Waals surface area contributed by atoms with E-state index in [9.17, 15) is 9.59 Å². The molecule has 1 fully saturated rings. The van der Waals surface area contributed by atoms with Gasteiger partial charge in [0, 0.05) is 18.7 Å². The van der Waals surface area contributed by atoms with Crippen molar-refractivity contribution < 1.29 is 14.4 Å². The molecule has 106 valence electrons. The number of carbonyl (C=O) groups excluding carboxylic acids is 2. The molecule has 1 unspecified atom stereocenters. The molecule has 1 aliphatic carbocycles. The minimum absolute atomic E-state index is 0.000741. The van der Waals surface area contributed by atoms with Gasteiger partial charge >= 0.3 is 0 Å². The van der Waals surface area contributed by atoms with E-state index in [1.807, 2.05) is 6.07 Å². The minimum Gasteiger partial charge on any atom is -0.312 e. The summed E-state index contributed by atoms with van der Waals surface area (Å²) >= 11 is 0. The molecule has 5 heteroatoms. The highest BCUT2D eigenvalue weighted by molar-refractivity contribution is 6.00. The van der Waals surface area contributed by atoms with Crippen molar-refractivity contribution in [2.24, 2.45) is 5.92 Å². The summed E-state index contributed by atoms with van der Waals surface area (Å²) in [6, 6.07) is 6.18. The third kappa shape index (κ3) is 2.29. The Labute approximate surface area is 117 Å². The number of nitrogens with one attached hydrogen (secondary N) is 1. The molecule has 3 rings (SSSR count). The highest BCUT2D eigenvalue weighted by Gasteiger charge is 2.35. The first-order chi connectivity index (χ1) is 9.69. The topological polar surface area (TPSA) is 58.6 Å². The maximum absolute atomic E-state index is 12.1. The number of amides is 2. The summed E-state index contributed by atoms with van der Waals surface area (Å²) in [6.07, 6.45) is 3.64. The second-order valence-corrected chi connectivity index (χ2v) is 5.38. The summed E-state index contributed by atoms with van der Waals surface area (Å²) in [6.45, 7) is 0.423. The van der Waals surface area contributed by atoms with E-state index in [-0.39, 0.29) is 24.2 Å². The van der Waals surface area contributed by atoms with Crippen LogP contribution in [-0.4, -0.2) is 25.5 Å². The van der Waals surface area contributed by atoms with Crippen molar-refractivity contribution in [1.29, 1.82) is 0 Å². The molecule has 1 atom stereocenters. The number of hydrogen-bond donors (Lipinski definition) is 1. The third-order valence-electron chi connectivity index (χ3n) is 4.09.